The maximum absolute atomic E-state index is 5.79. The highest BCUT2D eigenvalue weighted by Gasteiger charge is 2.12. The van der Waals surface area contributed by atoms with Gasteiger partial charge in [0, 0.05) is 17.5 Å². The second-order valence-electron chi connectivity index (χ2n) is 6.29. The molecule has 2 rings (SSSR count). The average Bonchev–Trinajstić information content (AvgIpc) is 2.91. The van der Waals surface area contributed by atoms with Crippen LogP contribution in [0.2, 0.25) is 0 Å². The molecule has 1 aromatic heterocycles. The molecule has 0 unspecified atom stereocenters. The van der Waals surface area contributed by atoms with Crippen LogP contribution in [0.15, 0.2) is 28.7 Å². The molecule has 0 radical (unpaired) electrons. The Morgan fingerprint density at radius 1 is 1.14 bits per heavy atom. The standard InChI is InChI=1S/C17H25N3O/c1-5-13-9-6-7-10-14(13)16-20-19-15(21-16)11-8-12-18-17(2,3)4/h6-7,9-10,18H,5,8,11-12H2,1-4H3. The number of aryl methyl sites for hydroxylation is 2. The van der Waals surface area contributed by atoms with Crippen molar-refractivity contribution in [3.8, 4) is 11.5 Å². The second-order valence-corrected chi connectivity index (χ2v) is 6.29. The van der Waals surface area contributed by atoms with E-state index in [9.17, 15) is 0 Å². The lowest BCUT2D eigenvalue weighted by atomic mass is 10.1. The van der Waals surface area contributed by atoms with Gasteiger partial charge in [-0.15, -0.1) is 10.2 Å². The average molecular weight is 287 g/mol. The van der Waals surface area contributed by atoms with Crippen molar-refractivity contribution < 1.29 is 4.42 Å². The molecule has 114 valence electrons. The summed E-state index contributed by atoms with van der Waals surface area (Å²) in [4.78, 5) is 0. The van der Waals surface area contributed by atoms with Crippen LogP contribution < -0.4 is 5.32 Å². The highest BCUT2D eigenvalue weighted by Crippen LogP contribution is 2.23. The Kier molecular flexibility index (Phi) is 5.12. The Bertz CT molecular complexity index is 569. The van der Waals surface area contributed by atoms with Crippen molar-refractivity contribution in [1.82, 2.24) is 15.5 Å². The summed E-state index contributed by atoms with van der Waals surface area (Å²) in [5, 5.41) is 11.8. The molecule has 21 heavy (non-hydrogen) atoms. The van der Waals surface area contributed by atoms with Crippen molar-refractivity contribution in [2.45, 2.75) is 52.5 Å². The molecule has 0 fully saturated rings. The van der Waals surface area contributed by atoms with Gasteiger partial charge in [-0.05, 0) is 51.8 Å². The summed E-state index contributed by atoms with van der Waals surface area (Å²) >= 11 is 0. The molecule has 0 spiro atoms. The van der Waals surface area contributed by atoms with Gasteiger partial charge in [0.05, 0.1) is 0 Å². The van der Waals surface area contributed by atoms with E-state index in [1.165, 1.54) is 5.56 Å². The molecule has 4 heteroatoms. The first-order chi connectivity index (χ1) is 9.99. The zero-order valence-electron chi connectivity index (χ0n) is 13.4. The highest BCUT2D eigenvalue weighted by molar-refractivity contribution is 5.58. The quantitative estimate of drug-likeness (QED) is 0.824. The van der Waals surface area contributed by atoms with Gasteiger partial charge >= 0.3 is 0 Å². The number of nitrogens with zero attached hydrogens (tertiary/aromatic N) is 2. The van der Waals surface area contributed by atoms with Crippen LogP contribution in [-0.4, -0.2) is 22.3 Å². The molecule has 2 aromatic rings. The van der Waals surface area contributed by atoms with Gasteiger partial charge in [-0.1, -0.05) is 25.1 Å². The van der Waals surface area contributed by atoms with Gasteiger partial charge in [0.15, 0.2) is 0 Å². The van der Waals surface area contributed by atoms with Crippen LogP contribution in [0.5, 0.6) is 0 Å². The van der Waals surface area contributed by atoms with Crippen molar-refractivity contribution in [2.24, 2.45) is 0 Å². The van der Waals surface area contributed by atoms with Gasteiger partial charge < -0.3 is 9.73 Å². The number of benzene rings is 1. The first-order valence-electron chi connectivity index (χ1n) is 7.65. The number of nitrogens with one attached hydrogen (secondary N) is 1. The van der Waals surface area contributed by atoms with E-state index in [-0.39, 0.29) is 5.54 Å². The van der Waals surface area contributed by atoms with Gasteiger partial charge in [0.25, 0.3) is 0 Å². The fraction of sp³-hybridized carbons (Fsp3) is 0.529. The summed E-state index contributed by atoms with van der Waals surface area (Å²) in [7, 11) is 0. The fourth-order valence-electron chi connectivity index (χ4n) is 2.20. The summed E-state index contributed by atoms with van der Waals surface area (Å²) in [5.74, 6) is 1.35. The molecule has 0 aliphatic heterocycles. The lowest BCUT2D eigenvalue weighted by Gasteiger charge is -2.19. The fourth-order valence-corrected chi connectivity index (χ4v) is 2.20. The van der Waals surface area contributed by atoms with Crippen LogP contribution in [0.4, 0.5) is 0 Å². The first-order valence-corrected chi connectivity index (χ1v) is 7.65. The topological polar surface area (TPSA) is 51.0 Å². The molecule has 1 aromatic carbocycles. The predicted molar refractivity (Wildman–Crippen MR) is 85.2 cm³/mol. The van der Waals surface area contributed by atoms with Crippen LogP contribution in [0.3, 0.4) is 0 Å². The van der Waals surface area contributed by atoms with Crippen LogP contribution >= 0.6 is 0 Å². The Morgan fingerprint density at radius 2 is 1.90 bits per heavy atom. The van der Waals surface area contributed by atoms with E-state index < -0.39 is 0 Å². The summed E-state index contributed by atoms with van der Waals surface area (Å²) in [6.45, 7) is 9.58. The predicted octanol–water partition coefficient (Wildman–Crippen LogP) is 3.62. The minimum Gasteiger partial charge on any atom is -0.421 e. The zero-order valence-corrected chi connectivity index (χ0v) is 13.4. The van der Waals surface area contributed by atoms with Crippen LogP contribution in [-0.2, 0) is 12.8 Å². The lowest BCUT2D eigenvalue weighted by molar-refractivity contribution is 0.412. The van der Waals surface area contributed by atoms with E-state index in [0.29, 0.717) is 11.8 Å². The summed E-state index contributed by atoms with van der Waals surface area (Å²) < 4.78 is 5.79. The molecule has 0 atom stereocenters. The normalized spacial score (nSPS) is 11.8. The Labute approximate surface area is 127 Å². The van der Waals surface area contributed by atoms with Gasteiger partial charge in [-0.25, -0.2) is 0 Å². The molecule has 0 amide bonds. The first kappa shape index (κ1) is 15.7. The van der Waals surface area contributed by atoms with Crippen molar-refractivity contribution in [2.75, 3.05) is 6.54 Å². The summed E-state index contributed by atoms with van der Waals surface area (Å²) in [5.41, 5.74) is 2.44. The maximum Gasteiger partial charge on any atom is 0.248 e. The van der Waals surface area contributed by atoms with E-state index in [1.807, 2.05) is 18.2 Å². The molecular formula is C17H25N3O. The SMILES string of the molecule is CCc1ccccc1-c1nnc(CCCNC(C)(C)C)o1. The number of aromatic nitrogens is 2. The molecule has 4 nitrogen and oxygen atoms in total. The molecule has 0 saturated carbocycles. The van der Waals surface area contributed by atoms with Gasteiger partial charge in [0.2, 0.25) is 11.8 Å². The minimum atomic E-state index is 0.153. The smallest absolute Gasteiger partial charge is 0.248 e. The van der Waals surface area contributed by atoms with Crippen molar-refractivity contribution >= 4 is 0 Å². The van der Waals surface area contributed by atoms with E-state index in [0.717, 1.165) is 31.4 Å². The number of hydrogen-bond acceptors (Lipinski definition) is 4. The van der Waals surface area contributed by atoms with Crippen molar-refractivity contribution in [3.05, 3.63) is 35.7 Å². The molecule has 0 aliphatic rings. The van der Waals surface area contributed by atoms with Gasteiger partial charge in [0.1, 0.15) is 0 Å². The molecule has 0 aliphatic carbocycles. The largest absolute Gasteiger partial charge is 0.421 e. The third kappa shape index (κ3) is 4.67. The van der Waals surface area contributed by atoms with Gasteiger partial charge in [-0.3, -0.25) is 0 Å². The molecule has 0 saturated heterocycles. The monoisotopic (exact) mass is 287 g/mol. The number of rotatable bonds is 6. The van der Waals surface area contributed by atoms with Gasteiger partial charge in [-0.2, -0.15) is 0 Å². The summed E-state index contributed by atoms with van der Waals surface area (Å²) in [6, 6.07) is 8.19. The molecule has 1 heterocycles. The van der Waals surface area contributed by atoms with Crippen molar-refractivity contribution in [3.63, 3.8) is 0 Å². The highest BCUT2D eigenvalue weighted by atomic mass is 16.4. The van der Waals surface area contributed by atoms with E-state index >= 15 is 0 Å². The molecule has 1 N–H and O–H groups in total. The Morgan fingerprint density at radius 3 is 2.62 bits per heavy atom. The zero-order chi connectivity index (χ0) is 15.3. The third-order valence-corrected chi connectivity index (χ3v) is 3.32. The third-order valence-electron chi connectivity index (χ3n) is 3.32. The summed E-state index contributed by atoms with van der Waals surface area (Å²) in [6.07, 6.45) is 2.77. The van der Waals surface area contributed by atoms with E-state index in [1.54, 1.807) is 0 Å². The minimum absolute atomic E-state index is 0.153. The number of hydrogen-bond donors (Lipinski definition) is 1. The maximum atomic E-state index is 5.79. The van der Waals surface area contributed by atoms with E-state index in [4.69, 9.17) is 4.42 Å². The lowest BCUT2D eigenvalue weighted by Crippen LogP contribution is -2.36. The van der Waals surface area contributed by atoms with Crippen LogP contribution in [0.1, 0.15) is 45.6 Å². The molecular weight excluding hydrogens is 262 g/mol. The molecule has 0 bridgehead atoms. The Hall–Kier alpha value is -1.68. The van der Waals surface area contributed by atoms with Crippen LogP contribution in [0.25, 0.3) is 11.5 Å². The second kappa shape index (κ2) is 6.85. The Balaban J connectivity index is 1.95. The van der Waals surface area contributed by atoms with Crippen molar-refractivity contribution in [1.29, 1.82) is 0 Å². The van der Waals surface area contributed by atoms with E-state index in [2.05, 4.69) is 49.3 Å². The van der Waals surface area contributed by atoms with Crippen LogP contribution in [0, 0.1) is 0 Å².